The zero-order chi connectivity index (χ0) is 16.5. The lowest BCUT2D eigenvalue weighted by atomic mass is 10.1. The molecule has 0 aliphatic heterocycles. The van der Waals surface area contributed by atoms with E-state index in [0.717, 1.165) is 5.69 Å². The predicted octanol–water partition coefficient (Wildman–Crippen LogP) is 6.27. The Kier molecular flexibility index (Phi) is 2.46. The Morgan fingerprint density at radius 2 is 1.72 bits per heavy atom. The van der Waals surface area contributed by atoms with Gasteiger partial charge in [-0.05, 0) is 36.8 Å². The topological polar surface area (TPSA) is 17.3 Å². The van der Waals surface area contributed by atoms with Gasteiger partial charge in [-0.15, -0.1) is 11.3 Å². The summed E-state index contributed by atoms with van der Waals surface area (Å²) in [6.07, 6.45) is 1.86. The van der Waals surface area contributed by atoms with Crippen LogP contribution in [0.15, 0.2) is 66.9 Å². The van der Waals surface area contributed by atoms with E-state index >= 15 is 0 Å². The van der Waals surface area contributed by atoms with Crippen molar-refractivity contribution in [3.05, 3.63) is 72.4 Å². The van der Waals surface area contributed by atoms with Gasteiger partial charge in [0, 0.05) is 27.7 Å². The van der Waals surface area contributed by atoms with E-state index in [0.29, 0.717) is 0 Å². The quantitative estimate of drug-likeness (QED) is 0.345. The maximum Gasteiger partial charge on any atom is 0.109 e. The van der Waals surface area contributed by atoms with Gasteiger partial charge in [0.05, 0.1) is 21.6 Å². The maximum atomic E-state index is 4.53. The van der Waals surface area contributed by atoms with Crippen molar-refractivity contribution >= 4 is 48.7 Å². The molecule has 4 aromatic heterocycles. The molecule has 118 valence electrons. The van der Waals surface area contributed by atoms with Crippen LogP contribution in [0.2, 0.25) is 0 Å². The first-order valence-corrected chi connectivity index (χ1v) is 9.23. The van der Waals surface area contributed by atoms with Crippen molar-refractivity contribution in [2.24, 2.45) is 0 Å². The molecule has 0 saturated carbocycles. The lowest BCUT2D eigenvalue weighted by Crippen LogP contribution is -1.79. The largest absolute Gasteiger partial charge is 0.299 e. The number of pyridine rings is 1. The van der Waals surface area contributed by atoms with Crippen LogP contribution in [0.4, 0.5) is 0 Å². The Bertz CT molecular complexity index is 1390. The molecule has 0 bridgehead atoms. The smallest absolute Gasteiger partial charge is 0.109 e. The molecule has 2 nitrogen and oxygen atoms in total. The molecule has 0 fully saturated rings. The number of para-hydroxylation sites is 1. The molecule has 4 heterocycles. The molecule has 0 aliphatic carbocycles. The summed E-state index contributed by atoms with van der Waals surface area (Å²) in [5, 5.41) is 5.34. The molecule has 3 heteroatoms. The highest BCUT2D eigenvalue weighted by molar-refractivity contribution is 7.22. The number of benzene rings is 2. The minimum Gasteiger partial charge on any atom is -0.299 e. The molecule has 0 aliphatic rings. The zero-order valence-electron chi connectivity index (χ0n) is 13.7. The van der Waals surface area contributed by atoms with Crippen LogP contribution in [0.1, 0.15) is 5.56 Å². The molecular weight excluding hydrogens is 324 g/mol. The van der Waals surface area contributed by atoms with Gasteiger partial charge in [0.2, 0.25) is 0 Å². The third-order valence-electron chi connectivity index (χ3n) is 5.07. The minimum absolute atomic E-state index is 1.04. The van der Waals surface area contributed by atoms with E-state index in [4.69, 9.17) is 0 Å². The van der Waals surface area contributed by atoms with Gasteiger partial charge >= 0.3 is 0 Å². The molecule has 0 unspecified atom stereocenters. The molecule has 0 amide bonds. The van der Waals surface area contributed by atoms with Crippen LogP contribution in [-0.4, -0.2) is 9.38 Å². The van der Waals surface area contributed by atoms with Crippen LogP contribution in [0.3, 0.4) is 0 Å². The summed E-state index contributed by atoms with van der Waals surface area (Å²) in [5.74, 6) is 0. The van der Waals surface area contributed by atoms with E-state index in [-0.39, 0.29) is 0 Å². The number of rotatable bonds is 1. The number of aryl methyl sites for hydroxylation is 1. The van der Waals surface area contributed by atoms with Crippen LogP contribution >= 0.6 is 11.3 Å². The number of fused-ring (bicyclic) bond motifs is 6. The van der Waals surface area contributed by atoms with Gasteiger partial charge < -0.3 is 0 Å². The van der Waals surface area contributed by atoms with Crippen LogP contribution in [0, 0.1) is 6.92 Å². The number of hydrogen-bond donors (Lipinski definition) is 0. The van der Waals surface area contributed by atoms with Gasteiger partial charge in [-0.1, -0.05) is 36.4 Å². The summed E-state index contributed by atoms with van der Waals surface area (Å²) >= 11 is 1.83. The predicted molar refractivity (Wildman–Crippen MR) is 107 cm³/mol. The SMILES string of the molecule is Cc1ccc2c3cccc4c5cc(-c6ccccn6)sc5n(c2c1)c34. The van der Waals surface area contributed by atoms with Crippen LogP contribution in [-0.2, 0) is 0 Å². The fourth-order valence-electron chi connectivity index (χ4n) is 3.98. The molecule has 0 atom stereocenters. The second-order valence-corrected chi connectivity index (χ2v) is 7.63. The van der Waals surface area contributed by atoms with Crippen molar-refractivity contribution in [3.8, 4) is 10.6 Å². The van der Waals surface area contributed by atoms with Gasteiger partial charge in [0.1, 0.15) is 4.83 Å². The van der Waals surface area contributed by atoms with E-state index in [9.17, 15) is 0 Å². The summed E-state index contributed by atoms with van der Waals surface area (Å²) in [4.78, 5) is 7.07. The van der Waals surface area contributed by atoms with E-state index < -0.39 is 0 Å². The number of aromatic nitrogens is 2. The van der Waals surface area contributed by atoms with Crippen LogP contribution < -0.4 is 0 Å². The normalized spacial score (nSPS) is 12.2. The monoisotopic (exact) mass is 338 g/mol. The van der Waals surface area contributed by atoms with Gasteiger partial charge in [0.15, 0.2) is 0 Å². The fourth-order valence-corrected chi connectivity index (χ4v) is 5.15. The second-order valence-electron chi connectivity index (χ2n) is 6.60. The van der Waals surface area contributed by atoms with Crippen molar-refractivity contribution < 1.29 is 0 Å². The van der Waals surface area contributed by atoms with E-state index in [1.165, 1.54) is 47.8 Å². The standard InChI is InChI=1S/C22H14N2S/c1-13-8-9-14-15-5-4-6-16-17-12-20(18-7-2-3-10-23-18)25-22(17)24(21(15)16)19(14)11-13/h2-12H,1H3. The van der Waals surface area contributed by atoms with Crippen molar-refractivity contribution in [1.82, 2.24) is 9.38 Å². The highest BCUT2D eigenvalue weighted by Gasteiger charge is 2.19. The van der Waals surface area contributed by atoms with Crippen molar-refractivity contribution in [1.29, 1.82) is 0 Å². The third kappa shape index (κ3) is 1.66. The zero-order valence-corrected chi connectivity index (χ0v) is 14.5. The Labute approximate surface area is 148 Å². The maximum absolute atomic E-state index is 4.53. The molecule has 2 aromatic carbocycles. The van der Waals surface area contributed by atoms with Gasteiger partial charge in [-0.25, -0.2) is 0 Å². The van der Waals surface area contributed by atoms with Crippen molar-refractivity contribution in [2.75, 3.05) is 0 Å². The lowest BCUT2D eigenvalue weighted by molar-refractivity contribution is 1.34. The highest BCUT2D eigenvalue weighted by Crippen LogP contribution is 2.43. The van der Waals surface area contributed by atoms with Crippen LogP contribution in [0.25, 0.3) is 48.0 Å². The lowest BCUT2D eigenvalue weighted by Gasteiger charge is -1.96. The summed E-state index contributed by atoms with van der Waals surface area (Å²) < 4.78 is 2.44. The number of nitrogens with zero attached hydrogens (tertiary/aromatic N) is 2. The summed E-state index contributed by atoms with van der Waals surface area (Å²) in [6, 6.07) is 21.8. The third-order valence-corrected chi connectivity index (χ3v) is 6.21. The highest BCUT2D eigenvalue weighted by atomic mass is 32.1. The summed E-state index contributed by atoms with van der Waals surface area (Å²) in [7, 11) is 0. The molecule has 0 saturated heterocycles. The van der Waals surface area contributed by atoms with Gasteiger partial charge in [-0.3, -0.25) is 9.38 Å². The Balaban J connectivity index is 1.84. The molecule has 0 spiro atoms. The number of thiophene rings is 1. The van der Waals surface area contributed by atoms with Gasteiger partial charge in [0.25, 0.3) is 0 Å². The molecule has 25 heavy (non-hydrogen) atoms. The van der Waals surface area contributed by atoms with E-state index in [1.54, 1.807) is 0 Å². The summed E-state index contributed by atoms with van der Waals surface area (Å²) in [5.41, 5.74) is 4.99. The number of hydrogen-bond acceptors (Lipinski definition) is 2. The first-order chi connectivity index (χ1) is 12.3. The Morgan fingerprint density at radius 1 is 0.840 bits per heavy atom. The van der Waals surface area contributed by atoms with Crippen LogP contribution in [0.5, 0.6) is 0 Å². The first-order valence-electron chi connectivity index (χ1n) is 8.41. The molecular formula is C22H14N2S. The molecule has 0 radical (unpaired) electrons. The Morgan fingerprint density at radius 3 is 2.56 bits per heavy atom. The minimum atomic E-state index is 1.04. The second kappa shape index (κ2) is 4.58. The van der Waals surface area contributed by atoms with E-state index in [1.807, 2.05) is 29.7 Å². The molecule has 6 aromatic rings. The van der Waals surface area contributed by atoms with E-state index in [2.05, 4.69) is 64.8 Å². The van der Waals surface area contributed by atoms with Crippen molar-refractivity contribution in [3.63, 3.8) is 0 Å². The van der Waals surface area contributed by atoms with Gasteiger partial charge in [-0.2, -0.15) is 0 Å². The first kappa shape index (κ1) is 13.4. The average molecular weight is 338 g/mol. The average Bonchev–Trinajstić information content (AvgIpc) is 3.29. The summed E-state index contributed by atoms with van der Waals surface area (Å²) in [6.45, 7) is 2.16. The molecule has 0 N–H and O–H groups in total. The Hall–Kier alpha value is -2.91. The fraction of sp³-hybridized carbons (Fsp3) is 0.0455. The molecule has 6 rings (SSSR count). The van der Waals surface area contributed by atoms with Crippen molar-refractivity contribution in [2.45, 2.75) is 6.92 Å².